The molecule has 0 amide bonds. The van der Waals surface area contributed by atoms with E-state index >= 15 is 0 Å². The summed E-state index contributed by atoms with van der Waals surface area (Å²) in [6.07, 6.45) is 38.8. The standard InChI is InChI=1S/C32H68P/c1-6-11-15-16-17-18-19-20-21-22-23-24-25-26-28-32(27-10-5)33(29-12-7-2,30-13-8-3)31-14-9-4/h32H,6-31H2,1-5H3/q+1. The van der Waals surface area contributed by atoms with Gasteiger partial charge in [-0.3, -0.25) is 0 Å². The van der Waals surface area contributed by atoms with E-state index in [9.17, 15) is 0 Å². The molecule has 0 spiro atoms. The highest BCUT2D eigenvalue weighted by atomic mass is 31.2. The van der Waals surface area contributed by atoms with Crippen LogP contribution in [0.4, 0.5) is 0 Å². The maximum Gasteiger partial charge on any atom is 0.0697 e. The van der Waals surface area contributed by atoms with Gasteiger partial charge < -0.3 is 0 Å². The lowest BCUT2D eigenvalue weighted by molar-refractivity contribution is 0.526. The maximum absolute atomic E-state index is 2.45. The highest BCUT2D eigenvalue weighted by Crippen LogP contribution is 2.67. The molecule has 0 aliphatic rings. The van der Waals surface area contributed by atoms with Crippen LogP contribution in [0.5, 0.6) is 0 Å². The first-order chi connectivity index (χ1) is 16.2. The molecule has 0 aliphatic carbocycles. The Kier molecular flexibility index (Phi) is 25.9. The normalized spacial score (nSPS) is 13.0. The monoisotopic (exact) mass is 484 g/mol. The first-order valence-corrected chi connectivity index (χ1v) is 18.5. The Labute approximate surface area is 213 Å². The van der Waals surface area contributed by atoms with Gasteiger partial charge in [-0.05, 0) is 38.5 Å². The van der Waals surface area contributed by atoms with Crippen molar-refractivity contribution in [3.63, 3.8) is 0 Å². The molecule has 0 aromatic carbocycles. The van der Waals surface area contributed by atoms with Gasteiger partial charge in [-0.15, -0.1) is 0 Å². The van der Waals surface area contributed by atoms with Crippen molar-refractivity contribution in [3.8, 4) is 0 Å². The van der Waals surface area contributed by atoms with Crippen LogP contribution < -0.4 is 0 Å². The lowest BCUT2D eigenvalue weighted by Crippen LogP contribution is -2.23. The van der Waals surface area contributed by atoms with E-state index in [1.165, 1.54) is 141 Å². The molecule has 0 rings (SSSR count). The molecule has 0 bridgehead atoms. The van der Waals surface area contributed by atoms with Crippen LogP contribution in [0.2, 0.25) is 0 Å². The molecule has 200 valence electrons. The van der Waals surface area contributed by atoms with Gasteiger partial charge in [-0.1, -0.05) is 144 Å². The average molecular weight is 484 g/mol. The summed E-state index contributed by atoms with van der Waals surface area (Å²) in [5.74, 6) is 0. The zero-order valence-corrected chi connectivity index (χ0v) is 25.3. The van der Waals surface area contributed by atoms with Gasteiger partial charge in [0, 0.05) is 7.26 Å². The highest BCUT2D eigenvalue weighted by molar-refractivity contribution is 7.76. The molecule has 0 aromatic rings. The minimum absolute atomic E-state index is 0.759. The van der Waals surface area contributed by atoms with Crippen LogP contribution in [0.25, 0.3) is 0 Å². The Morgan fingerprint density at radius 2 is 0.667 bits per heavy atom. The van der Waals surface area contributed by atoms with Gasteiger partial charge in [0.05, 0.1) is 24.1 Å². The van der Waals surface area contributed by atoms with Crippen LogP contribution >= 0.6 is 7.26 Å². The smallest absolute Gasteiger partial charge is 0.0654 e. The quantitative estimate of drug-likeness (QED) is 0.0804. The lowest BCUT2D eigenvalue weighted by Gasteiger charge is -2.36. The zero-order chi connectivity index (χ0) is 24.5. The van der Waals surface area contributed by atoms with Crippen molar-refractivity contribution in [1.29, 1.82) is 0 Å². The van der Waals surface area contributed by atoms with E-state index in [2.05, 4.69) is 34.6 Å². The molecule has 1 unspecified atom stereocenters. The molecule has 0 fully saturated rings. The van der Waals surface area contributed by atoms with Gasteiger partial charge in [0.2, 0.25) is 0 Å². The zero-order valence-electron chi connectivity index (χ0n) is 24.4. The van der Waals surface area contributed by atoms with Crippen molar-refractivity contribution >= 4 is 7.26 Å². The first-order valence-electron chi connectivity index (χ1n) is 16.1. The Balaban J connectivity index is 4.23. The topological polar surface area (TPSA) is 0 Å². The average Bonchev–Trinajstić information content (AvgIpc) is 2.83. The predicted octanol–water partition coefficient (Wildman–Crippen LogP) is 12.4. The van der Waals surface area contributed by atoms with Crippen molar-refractivity contribution < 1.29 is 0 Å². The third-order valence-corrected chi connectivity index (χ3v) is 13.8. The molecule has 0 saturated heterocycles. The van der Waals surface area contributed by atoms with E-state index in [0.717, 1.165) is 5.66 Å². The van der Waals surface area contributed by atoms with Crippen molar-refractivity contribution in [2.45, 2.75) is 188 Å². The number of unbranched alkanes of at least 4 members (excludes halogenated alkanes) is 16. The molecule has 0 saturated carbocycles. The van der Waals surface area contributed by atoms with Crippen LogP contribution in [0.3, 0.4) is 0 Å². The summed E-state index contributed by atoms with van der Waals surface area (Å²) in [5, 5.41) is 0. The van der Waals surface area contributed by atoms with Gasteiger partial charge in [0.15, 0.2) is 0 Å². The van der Waals surface area contributed by atoms with E-state index in [1.54, 1.807) is 24.9 Å². The first kappa shape index (κ1) is 33.4. The van der Waals surface area contributed by atoms with Crippen LogP contribution in [-0.2, 0) is 0 Å². The number of rotatable bonds is 27. The fourth-order valence-corrected chi connectivity index (χ4v) is 12.0. The summed E-state index contributed by atoms with van der Waals surface area (Å²) in [6.45, 7) is 12.0. The van der Waals surface area contributed by atoms with Gasteiger partial charge >= 0.3 is 0 Å². The third kappa shape index (κ3) is 18.4. The van der Waals surface area contributed by atoms with Crippen LogP contribution in [-0.4, -0.2) is 24.1 Å². The van der Waals surface area contributed by atoms with Crippen molar-refractivity contribution in [1.82, 2.24) is 0 Å². The molecule has 1 heteroatoms. The summed E-state index contributed by atoms with van der Waals surface area (Å²) in [7, 11) is -0.759. The fraction of sp³-hybridized carbons (Fsp3) is 1.00. The van der Waals surface area contributed by atoms with Gasteiger partial charge in [-0.25, -0.2) is 0 Å². The van der Waals surface area contributed by atoms with Crippen LogP contribution in [0.1, 0.15) is 182 Å². The van der Waals surface area contributed by atoms with E-state index in [1.807, 2.05) is 0 Å². The molecule has 0 aromatic heterocycles. The SMILES string of the molecule is CCCCCCCCCCCCCCCCC(CCC)[P+](CCCC)(CCCC)CCCC. The van der Waals surface area contributed by atoms with Gasteiger partial charge in [-0.2, -0.15) is 0 Å². The third-order valence-electron chi connectivity index (χ3n) is 8.16. The molecule has 0 aliphatic heterocycles. The van der Waals surface area contributed by atoms with Crippen molar-refractivity contribution in [2.75, 3.05) is 18.5 Å². The molecule has 0 heterocycles. The second kappa shape index (κ2) is 25.5. The second-order valence-corrected chi connectivity index (χ2v) is 15.8. The second-order valence-electron chi connectivity index (χ2n) is 11.3. The van der Waals surface area contributed by atoms with Crippen molar-refractivity contribution in [2.24, 2.45) is 0 Å². The molecular weight excluding hydrogens is 415 g/mol. The summed E-state index contributed by atoms with van der Waals surface area (Å²) in [5.41, 5.74) is 1.10. The van der Waals surface area contributed by atoms with Gasteiger partial charge in [0.25, 0.3) is 0 Å². The molecular formula is C32H68P+. The maximum atomic E-state index is 2.45. The molecule has 1 atom stereocenters. The van der Waals surface area contributed by atoms with E-state index < -0.39 is 7.26 Å². The largest absolute Gasteiger partial charge is 0.0697 e. The molecule has 0 radical (unpaired) electrons. The predicted molar refractivity (Wildman–Crippen MR) is 160 cm³/mol. The highest BCUT2D eigenvalue weighted by Gasteiger charge is 2.42. The van der Waals surface area contributed by atoms with Crippen LogP contribution in [0, 0.1) is 0 Å². The molecule has 0 nitrogen and oxygen atoms in total. The summed E-state index contributed by atoms with van der Waals surface area (Å²) < 4.78 is 0. The Morgan fingerprint density at radius 3 is 1.00 bits per heavy atom. The Hall–Kier alpha value is 0.430. The summed E-state index contributed by atoms with van der Waals surface area (Å²) in [6, 6.07) is 0. The van der Waals surface area contributed by atoms with Crippen molar-refractivity contribution in [3.05, 3.63) is 0 Å². The molecule has 0 N–H and O–H groups in total. The van der Waals surface area contributed by atoms with E-state index in [-0.39, 0.29) is 0 Å². The Bertz CT molecular complexity index is 342. The number of hydrogen-bond donors (Lipinski definition) is 0. The lowest BCUT2D eigenvalue weighted by atomic mass is 10.0. The van der Waals surface area contributed by atoms with E-state index in [0.29, 0.717) is 0 Å². The summed E-state index contributed by atoms with van der Waals surface area (Å²) >= 11 is 0. The molecule has 33 heavy (non-hydrogen) atoms. The Morgan fingerprint density at radius 1 is 0.333 bits per heavy atom. The minimum Gasteiger partial charge on any atom is -0.0654 e. The van der Waals surface area contributed by atoms with Crippen LogP contribution in [0.15, 0.2) is 0 Å². The summed E-state index contributed by atoms with van der Waals surface area (Å²) in [4.78, 5) is 0. The fourth-order valence-electron chi connectivity index (χ4n) is 5.90. The van der Waals surface area contributed by atoms with Gasteiger partial charge in [0.1, 0.15) is 0 Å². The minimum atomic E-state index is -0.759. The number of hydrogen-bond acceptors (Lipinski definition) is 0. The van der Waals surface area contributed by atoms with E-state index in [4.69, 9.17) is 0 Å².